The summed E-state index contributed by atoms with van der Waals surface area (Å²) < 4.78 is 12.8. The fraction of sp³-hybridized carbons (Fsp3) is 0.278. The molecule has 0 bridgehead atoms. The van der Waals surface area contributed by atoms with Crippen LogP contribution in [0.3, 0.4) is 0 Å². The summed E-state index contributed by atoms with van der Waals surface area (Å²) in [5.41, 5.74) is 2.82. The van der Waals surface area contributed by atoms with Gasteiger partial charge in [0, 0.05) is 11.4 Å². The van der Waals surface area contributed by atoms with Gasteiger partial charge in [0.05, 0.1) is 6.54 Å². The molecule has 1 amide bonds. The summed E-state index contributed by atoms with van der Waals surface area (Å²) >= 11 is 0. The van der Waals surface area contributed by atoms with Crippen molar-refractivity contribution in [2.24, 2.45) is 0 Å². The SMILES string of the molecule is CC(C)(C)c1ccc(NCC(=O)Nc2ccc(F)cc2)cc1. The number of rotatable bonds is 4. The highest BCUT2D eigenvalue weighted by Gasteiger charge is 2.12. The molecule has 116 valence electrons. The maximum Gasteiger partial charge on any atom is 0.243 e. The Hall–Kier alpha value is -2.36. The Kier molecular flexibility index (Phi) is 4.81. The fourth-order valence-corrected chi connectivity index (χ4v) is 2.01. The van der Waals surface area contributed by atoms with Gasteiger partial charge in [0.1, 0.15) is 5.82 Å². The molecule has 2 rings (SSSR count). The van der Waals surface area contributed by atoms with Gasteiger partial charge >= 0.3 is 0 Å². The second-order valence-corrected chi connectivity index (χ2v) is 6.24. The average Bonchev–Trinajstić information content (AvgIpc) is 2.47. The zero-order chi connectivity index (χ0) is 16.2. The molecular formula is C18H21FN2O. The Bertz CT molecular complexity index is 628. The van der Waals surface area contributed by atoms with E-state index in [1.807, 2.05) is 12.1 Å². The van der Waals surface area contributed by atoms with Crippen LogP contribution in [0.25, 0.3) is 0 Å². The molecule has 22 heavy (non-hydrogen) atoms. The van der Waals surface area contributed by atoms with E-state index in [0.29, 0.717) is 5.69 Å². The second kappa shape index (κ2) is 6.60. The van der Waals surface area contributed by atoms with Gasteiger partial charge in [0.2, 0.25) is 5.91 Å². The molecule has 2 aromatic rings. The van der Waals surface area contributed by atoms with Crippen LogP contribution in [-0.2, 0) is 10.2 Å². The van der Waals surface area contributed by atoms with E-state index in [9.17, 15) is 9.18 Å². The van der Waals surface area contributed by atoms with E-state index in [-0.39, 0.29) is 23.7 Å². The quantitative estimate of drug-likeness (QED) is 0.889. The highest BCUT2D eigenvalue weighted by atomic mass is 19.1. The van der Waals surface area contributed by atoms with Crippen LogP contribution in [0.2, 0.25) is 0 Å². The molecule has 4 heteroatoms. The third-order valence-corrected chi connectivity index (χ3v) is 3.33. The van der Waals surface area contributed by atoms with E-state index in [4.69, 9.17) is 0 Å². The lowest BCUT2D eigenvalue weighted by Crippen LogP contribution is -2.21. The first kappa shape index (κ1) is 16.0. The predicted octanol–water partition coefficient (Wildman–Crippen LogP) is 4.17. The van der Waals surface area contributed by atoms with E-state index >= 15 is 0 Å². The Morgan fingerprint density at radius 2 is 1.50 bits per heavy atom. The number of halogens is 1. The zero-order valence-electron chi connectivity index (χ0n) is 13.1. The molecule has 0 aliphatic rings. The molecule has 0 radical (unpaired) electrons. The summed E-state index contributed by atoms with van der Waals surface area (Å²) in [4.78, 5) is 11.8. The minimum Gasteiger partial charge on any atom is -0.376 e. The second-order valence-electron chi connectivity index (χ2n) is 6.24. The maximum absolute atomic E-state index is 12.8. The van der Waals surface area contributed by atoms with E-state index in [0.717, 1.165) is 5.69 Å². The molecule has 0 heterocycles. The van der Waals surface area contributed by atoms with Crippen molar-refractivity contribution in [2.75, 3.05) is 17.2 Å². The van der Waals surface area contributed by atoms with Crippen LogP contribution in [-0.4, -0.2) is 12.5 Å². The van der Waals surface area contributed by atoms with Gasteiger partial charge in [0.15, 0.2) is 0 Å². The van der Waals surface area contributed by atoms with Crippen LogP contribution in [0.15, 0.2) is 48.5 Å². The smallest absolute Gasteiger partial charge is 0.243 e. The molecule has 0 unspecified atom stereocenters. The van der Waals surface area contributed by atoms with Crippen LogP contribution < -0.4 is 10.6 Å². The Labute approximate surface area is 130 Å². The molecule has 0 atom stereocenters. The van der Waals surface area contributed by atoms with Gasteiger partial charge in [-0.05, 0) is 47.4 Å². The Morgan fingerprint density at radius 3 is 2.05 bits per heavy atom. The molecule has 0 saturated carbocycles. The lowest BCUT2D eigenvalue weighted by molar-refractivity contribution is -0.114. The highest BCUT2D eigenvalue weighted by Crippen LogP contribution is 2.23. The van der Waals surface area contributed by atoms with Crippen molar-refractivity contribution >= 4 is 17.3 Å². The predicted molar refractivity (Wildman–Crippen MR) is 88.7 cm³/mol. The number of hydrogen-bond acceptors (Lipinski definition) is 2. The topological polar surface area (TPSA) is 41.1 Å². The van der Waals surface area contributed by atoms with Crippen LogP contribution in [0.1, 0.15) is 26.3 Å². The minimum absolute atomic E-state index is 0.110. The third-order valence-electron chi connectivity index (χ3n) is 3.33. The lowest BCUT2D eigenvalue weighted by atomic mass is 9.87. The standard InChI is InChI=1S/C18H21FN2O/c1-18(2,3)13-4-8-15(9-5-13)20-12-17(22)21-16-10-6-14(19)7-11-16/h4-11,20H,12H2,1-3H3,(H,21,22). The van der Waals surface area contributed by atoms with Crippen molar-refractivity contribution in [1.82, 2.24) is 0 Å². The fourth-order valence-electron chi connectivity index (χ4n) is 2.01. The van der Waals surface area contributed by atoms with E-state index < -0.39 is 0 Å². The molecule has 3 nitrogen and oxygen atoms in total. The molecule has 2 N–H and O–H groups in total. The lowest BCUT2D eigenvalue weighted by Gasteiger charge is -2.19. The number of nitrogens with one attached hydrogen (secondary N) is 2. The molecule has 2 aromatic carbocycles. The Morgan fingerprint density at radius 1 is 0.955 bits per heavy atom. The van der Waals surface area contributed by atoms with Crippen molar-refractivity contribution in [2.45, 2.75) is 26.2 Å². The van der Waals surface area contributed by atoms with Crippen molar-refractivity contribution < 1.29 is 9.18 Å². The summed E-state index contributed by atoms with van der Waals surface area (Å²) in [6.07, 6.45) is 0. The molecule has 0 aliphatic carbocycles. The van der Waals surface area contributed by atoms with E-state index in [1.165, 1.54) is 29.8 Å². The first-order valence-corrected chi connectivity index (χ1v) is 7.24. The van der Waals surface area contributed by atoms with Crippen molar-refractivity contribution in [1.29, 1.82) is 0 Å². The first-order chi connectivity index (χ1) is 10.3. The van der Waals surface area contributed by atoms with Crippen molar-refractivity contribution in [3.05, 3.63) is 59.9 Å². The summed E-state index contributed by atoms with van der Waals surface area (Å²) in [5.74, 6) is -0.499. The molecule has 0 aromatic heterocycles. The van der Waals surface area contributed by atoms with Gasteiger partial charge in [-0.15, -0.1) is 0 Å². The number of anilines is 2. The van der Waals surface area contributed by atoms with E-state index in [2.05, 4.69) is 43.5 Å². The van der Waals surface area contributed by atoms with Gasteiger partial charge in [0.25, 0.3) is 0 Å². The van der Waals surface area contributed by atoms with Gasteiger partial charge in [-0.25, -0.2) is 4.39 Å². The largest absolute Gasteiger partial charge is 0.376 e. The monoisotopic (exact) mass is 300 g/mol. The number of benzene rings is 2. The number of carbonyl (C=O) groups excluding carboxylic acids is 1. The third kappa shape index (κ3) is 4.58. The highest BCUT2D eigenvalue weighted by molar-refractivity contribution is 5.93. The number of amides is 1. The van der Waals surface area contributed by atoms with Crippen LogP contribution >= 0.6 is 0 Å². The van der Waals surface area contributed by atoms with Crippen molar-refractivity contribution in [3.8, 4) is 0 Å². The normalized spacial score (nSPS) is 11.1. The number of hydrogen-bond donors (Lipinski definition) is 2. The van der Waals surface area contributed by atoms with Gasteiger partial charge in [-0.2, -0.15) is 0 Å². The molecule has 0 fully saturated rings. The zero-order valence-corrected chi connectivity index (χ0v) is 13.1. The molecule has 0 spiro atoms. The first-order valence-electron chi connectivity index (χ1n) is 7.24. The number of carbonyl (C=O) groups is 1. The summed E-state index contributed by atoms with van der Waals surface area (Å²) in [7, 11) is 0. The summed E-state index contributed by atoms with van der Waals surface area (Å²) in [5, 5.41) is 5.78. The summed E-state index contributed by atoms with van der Waals surface area (Å²) in [6, 6.07) is 13.7. The minimum atomic E-state index is -0.324. The van der Waals surface area contributed by atoms with Crippen LogP contribution in [0.5, 0.6) is 0 Å². The van der Waals surface area contributed by atoms with Gasteiger partial charge < -0.3 is 10.6 Å². The van der Waals surface area contributed by atoms with Gasteiger partial charge in [-0.3, -0.25) is 4.79 Å². The Balaban J connectivity index is 1.87. The van der Waals surface area contributed by atoms with E-state index in [1.54, 1.807) is 0 Å². The molecule has 0 aliphatic heterocycles. The molecule has 0 saturated heterocycles. The van der Waals surface area contributed by atoms with Crippen LogP contribution in [0, 0.1) is 5.82 Å². The summed E-state index contributed by atoms with van der Waals surface area (Å²) in [6.45, 7) is 6.63. The maximum atomic E-state index is 12.8. The van der Waals surface area contributed by atoms with Gasteiger partial charge in [-0.1, -0.05) is 32.9 Å². The van der Waals surface area contributed by atoms with Crippen LogP contribution in [0.4, 0.5) is 15.8 Å². The molecular weight excluding hydrogens is 279 g/mol. The average molecular weight is 300 g/mol. The van der Waals surface area contributed by atoms with Crippen molar-refractivity contribution in [3.63, 3.8) is 0 Å².